The Morgan fingerprint density at radius 1 is 1.50 bits per heavy atom. The van der Waals surface area contributed by atoms with Gasteiger partial charge < -0.3 is 10.2 Å². The number of halogens is 1. The average Bonchev–Trinajstić information content (AvgIpc) is 2.59. The van der Waals surface area contributed by atoms with Gasteiger partial charge in [0, 0.05) is 12.2 Å². The summed E-state index contributed by atoms with van der Waals surface area (Å²) in [6.45, 7) is 1.86. The Morgan fingerprint density at radius 2 is 2.25 bits per heavy atom. The molecule has 2 rings (SSSR count). The second-order valence-electron chi connectivity index (χ2n) is 3.60. The highest BCUT2D eigenvalue weighted by atomic mass is 35.5. The maximum Gasteiger partial charge on any atom is 0.196 e. The zero-order valence-corrected chi connectivity index (χ0v) is 9.57. The average molecular weight is 242 g/mol. The molecule has 0 bridgehead atoms. The van der Waals surface area contributed by atoms with Gasteiger partial charge in [-0.25, -0.2) is 9.50 Å². The van der Waals surface area contributed by atoms with Gasteiger partial charge in [-0.05, 0) is 19.8 Å². The number of hydrogen-bond acceptors (Lipinski definition) is 4. The van der Waals surface area contributed by atoms with Crippen LogP contribution in [0.1, 0.15) is 17.7 Å². The molecule has 0 unspecified atom stereocenters. The minimum atomic E-state index is 0.0431. The van der Waals surface area contributed by atoms with E-state index < -0.39 is 0 Å². The number of aliphatic hydroxyl groups excluding tert-OH is 1. The number of aryl methyl sites for hydroxylation is 1. The first kappa shape index (κ1) is 11.2. The molecule has 5 nitrogen and oxygen atoms in total. The van der Waals surface area contributed by atoms with Crippen molar-refractivity contribution in [3.05, 3.63) is 22.6 Å². The fraction of sp³-hybridized carbons (Fsp3) is 0.400. The van der Waals surface area contributed by atoms with Crippen molar-refractivity contribution in [1.29, 1.82) is 0 Å². The Balaban J connectivity index is 2.56. The van der Waals surface area contributed by atoms with Gasteiger partial charge in [0.05, 0.1) is 11.9 Å². The number of hydrogen-bond donors (Lipinski definition) is 2. The molecule has 2 heterocycles. The quantitative estimate of drug-likeness (QED) is 0.850. The lowest BCUT2D eigenvalue weighted by atomic mass is 10.1. The van der Waals surface area contributed by atoms with Crippen molar-refractivity contribution in [2.45, 2.75) is 19.8 Å². The van der Waals surface area contributed by atoms with E-state index in [-0.39, 0.29) is 17.5 Å². The summed E-state index contributed by atoms with van der Waals surface area (Å²) in [7, 11) is 0. The molecular formula is C10H12ClN3O2. The molecular weight excluding hydrogens is 230 g/mol. The van der Waals surface area contributed by atoms with Gasteiger partial charge >= 0.3 is 0 Å². The highest BCUT2D eigenvalue weighted by Gasteiger charge is 2.14. The van der Waals surface area contributed by atoms with Gasteiger partial charge in [-0.15, -0.1) is 0 Å². The Labute approximate surface area is 97.3 Å². The summed E-state index contributed by atoms with van der Waals surface area (Å²) in [4.78, 5) is 4.15. The Kier molecular flexibility index (Phi) is 2.98. The summed E-state index contributed by atoms with van der Waals surface area (Å²) in [6.07, 6.45) is 2.71. The summed E-state index contributed by atoms with van der Waals surface area (Å²) in [6, 6.07) is 0. The molecule has 0 fully saturated rings. The lowest BCUT2D eigenvalue weighted by Crippen LogP contribution is -1.99. The van der Waals surface area contributed by atoms with E-state index in [2.05, 4.69) is 10.1 Å². The van der Waals surface area contributed by atoms with Gasteiger partial charge in [-0.1, -0.05) is 11.6 Å². The largest absolute Gasteiger partial charge is 0.504 e. The van der Waals surface area contributed by atoms with Crippen LogP contribution in [0.4, 0.5) is 0 Å². The van der Waals surface area contributed by atoms with E-state index in [0.29, 0.717) is 24.1 Å². The van der Waals surface area contributed by atoms with E-state index >= 15 is 0 Å². The molecule has 0 aliphatic rings. The molecule has 2 aromatic heterocycles. The number of imidazole rings is 1. The topological polar surface area (TPSA) is 70.7 Å². The number of nitrogens with zero attached hydrogens (tertiary/aromatic N) is 3. The van der Waals surface area contributed by atoms with Gasteiger partial charge in [-0.2, -0.15) is 5.10 Å². The smallest absolute Gasteiger partial charge is 0.196 e. The van der Waals surface area contributed by atoms with E-state index in [0.717, 1.165) is 5.69 Å². The maximum absolute atomic E-state index is 9.98. The molecule has 6 heteroatoms. The zero-order valence-electron chi connectivity index (χ0n) is 8.81. The third kappa shape index (κ3) is 1.83. The summed E-state index contributed by atoms with van der Waals surface area (Å²) in [5.41, 5.74) is 1.70. The number of aromatic hydroxyl groups is 1. The fourth-order valence-corrected chi connectivity index (χ4v) is 1.85. The first-order valence-electron chi connectivity index (χ1n) is 4.97. The molecule has 0 aliphatic heterocycles. The number of rotatable bonds is 3. The lowest BCUT2D eigenvalue weighted by Gasteiger charge is -2.06. The Morgan fingerprint density at radius 3 is 2.94 bits per heavy atom. The Hall–Kier alpha value is -1.33. The van der Waals surface area contributed by atoms with Crippen molar-refractivity contribution in [2.75, 3.05) is 6.61 Å². The van der Waals surface area contributed by atoms with E-state index in [4.69, 9.17) is 16.7 Å². The predicted molar refractivity (Wildman–Crippen MR) is 59.8 cm³/mol. The van der Waals surface area contributed by atoms with Gasteiger partial charge in [-0.3, -0.25) is 0 Å². The van der Waals surface area contributed by atoms with Crippen molar-refractivity contribution in [2.24, 2.45) is 0 Å². The molecule has 0 amide bonds. The molecule has 0 aromatic carbocycles. The first-order valence-corrected chi connectivity index (χ1v) is 5.35. The predicted octanol–water partition coefficient (Wildman–Crippen LogP) is 1.32. The molecule has 0 saturated heterocycles. The van der Waals surface area contributed by atoms with Crippen LogP contribution in [0.3, 0.4) is 0 Å². The fourth-order valence-electron chi connectivity index (χ4n) is 1.59. The number of aliphatic hydroxyl groups is 1. The maximum atomic E-state index is 9.98. The van der Waals surface area contributed by atoms with Crippen LogP contribution in [0.25, 0.3) is 5.65 Å². The summed E-state index contributed by atoms with van der Waals surface area (Å²) >= 11 is 5.95. The normalized spacial score (nSPS) is 11.2. The molecule has 86 valence electrons. The van der Waals surface area contributed by atoms with E-state index in [1.807, 2.05) is 6.92 Å². The number of fused-ring (bicyclic) bond motifs is 1. The minimum absolute atomic E-state index is 0.0431. The van der Waals surface area contributed by atoms with Gasteiger partial charge in [0.25, 0.3) is 0 Å². The van der Waals surface area contributed by atoms with Crippen LogP contribution in [0.15, 0.2) is 6.20 Å². The molecule has 0 aliphatic carbocycles. The highest BCUT2D eigenvalue weighted by molar-refractivity contribution is 6.30. The van der Waals surface area contributed by atoms with E-state index in [9.17, 15) is 5.11 Å². The van der Waals surface area contributed by atoms with E-state index in [1.165, 1.54) is 4.52 Å². The first-order chi connectivity index (χ1) is 7.63. The highest BCUT2D eigenvalue weighted by Crippen LogP contribution is 2.28. The van der Waals surface area contributed by atoms with Gasteiger partial charge in [0.15, 0.2) is 16.5 Å². The van der Waals surface area contributed by atoms with Crippen LogP contribution >= 0.6 is 11.6 Å². The van der Waals surface area contributed by atoms with Crippen LogP contribution < -0.4 is 0 Å². The third-order valence-electron chi connectivity index (χ3n) is 2.34. The summed E-state index contributed by atoms with van der Waals surface area (Å²) in [5.74, 6) is 0.0431. The van der Waals surface area contributed by atoms with Crippen LogP contribution in [0.2, 0.25) is 5.15 Å². The number of aromatic nitrogens is 3. The van der Waals surface area contributed by atoms with Crippen LogP contribution in [0.5, 0.6) is 5.75 Å². The molecule has 0 atom stereocenters. The van der Waals surface area contributed by atoms with Crippen LogP contribution in [-0.2, 0) is 6.42 Å². The van der Waals surface area contributed by atoms with Crippen molar-refractivity contribution in [3.63, 3.8) is 0 Å². The van der Waals surface area contributed by atoms with Crippen LogP contribution in [-0.4, -0.2) is 31.4 Å². The molecule has 0 radical (unpaired) electrons. The lowest BCUT2D eigenvalue weighted by molar-refractivity contribution is 0.288. The molecule has 0 saturated carbocycles. The SMILES string of the molecule is Cc1cn2nc(Cl)c(CCCO)c(O)c2n1. The Bertz CT molecular complexity index is 524. The molecule has 2 N–H and O–H groups in total. The van der Waals surface area contributed by atoms with Gasteiger partial charge in [0.2, 0.25) is 0 Å². The van der Waals surface area contributed by atoms with Crippen molar-refractivity contribution >= 4 is 17.2 Å². The third-order valence-corrected chi connectivity index (χ3v) is 2.64. The molecule has 16 heavy (non-hydrogen) atoms. The van der Waals surface area contributed by atoms with Gasteiger partial charge in [0.1, 0.15) is 0 Å². The van der Waals surface area contributed by atoms with Crippen molar-refractivity contribution in [3.8, 4) is 5.75 Å². The van der Waals surface area contributed by atoms with Crippen LogP contribution in [0, 0.1) is 6.92 Å². The zero-order chi connectivity index (χ0) is 11.7. The van der Waals surface area contributed by atoms with Crippen molar-refractivity contribution in [1.82, 2.24) is 14.6 Å². The standard InChI is InChI=1S/C10H12ClN3O2/c1-6-5-14-10(12-6)8(16)7(3-2-4-15)9(11)13-14/h5,15-16H,2-4H2,1H3. The minimum Gasteiger partial charge on any atom is -0.504 e. The summed E-state index contributed by atoms with van der Waals surface area (Å²) in [5, 5.41) is 23.1. The monoisotopic (exact) mass is 241 g/mol. The summed E-state index contributed by atoms with van der Waals surface area (Å²) < 4.78 is 1.45. The second kappa shape index (κ2) is 4.27. The molecule has 0 spiro atoms. The second-order valence-corrected chi connectivity index (χ2v) is 3.95. The van der Waals surface area contributed by atoms with E-state index in [1.54, 1.807) is 6.20 Å². The molecule has 2 aromatic rings. The van der Waals surface area contributed by atoms with Crippen molar-refractivity contribution < 1.29 is 10.2 Å².